The molecular formula is C14H27NO3S. The van der Waals surface area contributed by atoms with E-state index >= 15 is 0 Å². The second-order valence-corrected chi connectivity index (χ2v) is 9.08. The molecule has 4 nitrogen and oxygen atoms in total. The molecule has 1 aliphatic heterocycles. The first kappa shape index (κ1) is 15.3. The van der Waals surface area contributed by atoms with Gasteiger partial charge in [0.15, 0.2) is 0 Å². The van der Waals surface area contributed by atoms with Gasteiger partial charge in [0, 0.05) is 13.1 Å². The Balaban J connectivity index is 2.04. The van der Waals surface area contributed by atoms with Crippen LogP contribution in [0.15, 0.2) is 0 Å². The van der Waals surface area contributed by atoms with Crippen molar-refractivity contribution in [2.75, 3.05) is 19.3 Å². The Kier molecular flexibility index (Phi) is 4.02. The van der Waals surface area contributed by atoms with E-state index in [2.05, 4.69) is 13.8 Å². The molecule has 0 bridgehead atoms. The molecule has 5 heteroatoms. The van der Waals surface area contributed by atoms with Gasteiger partial charge in [0.05, 0.1) is 11.9 Å². The normalized spacial score (nSPS) is 36.5. The molecule has 1 heterocycles. The monoisotopic (exact) mass is 289 g/mol. The molecule has 19 heavy (non-hydrogen) atoms. The smallest absolute Gasteiger partial charge is 0.211 e. The third kappa shape index (κ3) is 3.14. The Morgan fingerprint density at radius 2 is 1.95 bits per heavy atom. The third-order valence-electron chi connectivity index (χ3n) is 5.23. The fraction of sp³-hybridized carbons (Fsp3) is 1.00. The Labute approximate surface area is 117 Å². The van der Waals surface area contributed by atoms with Gasteiger partial charge in [-0.1, -0.05) is 13.8 Å². The molecule has 0 aromatic rings. The maximum atomic E-state index is 11.6. The highest BCUT2D eigenvalue weighted by molar-refractivity contribution is 7.88. The standard InChI is InChI=1S/C14H27NO3S/c1-13(2)7-5-8-14(13,16)10-12-6-4-9-15(11-12)19(3,17)18/h12,16H,4-11H2,1-3H3. The summed E-state index contributed by atoms with van der Waals surface area (Å²) in [5, 5.41) is 10.9. The van der Waals surface area contributed by atoms with Gasteiger partial charge in [0.2, 0.25) is 10.0 Å². The molecule has 112 valence electrons. The largest absolute Gasteiger partial charge is 0.389 e. The number of rotatable bonds is 3. The average Bonchev–Trinajstić information content (AvgIpc) is 2.52. The van der Waals surface area contributed by atoms with E-state index in [9.17, 15) is 13.5 Å². The van der Waals surface area contributed by atoms with Gasteiger partial charge in [-0.15, -0.1) is 0 Å². The summed E-state index contributed by atoms with van der Waals surface area (Å²) in [6, 6.07) is 0. The van der Waals surface area contributed by atoms with Crippen molar-refractivity contribution in [3.63, 3.8) is 0 Å². The Bertz CT molecular complexity index is 432. The van der Waals surface area contributed by atoms with Gasteiger partial charge in [-0.3, -0.25) is 0 Å². The molecule has 0 radical (unpaired) electrons. The minimum Gasteiger partial charge on any atom is -0.389 e. The summed E-state index contributed by atoms with van der Waals surface area (Å²) >= 11 is 0. The fourth-order valence-corrected chi connectivity index (χ4v) is 4.69. The highest BCUT2D eigenvalue weighted by atomic mass is 32.2. The molecular weight excluding hydrogens is 262 g/mol. The van der Waals surface area contributed by atoms with E-state index in [-0.39, 0.29) is 5.41 Å². The molecule has 0 aromatic heterocycles. The van der Waals surface area contributed by atoms with Crippen molar-refractivity contribution >= 4 is 10.0 Å². The molecule has 0 spiro atoms. The van der Waals surface area contributed by atoms with Gasteiger partial charge in [0.1, 0.15) is 0 Å². The van der Waals surface area contributed by atoms with Gasteiger partial charge in [-0.05, 0) is 49.9 Å². The van der Waals surface area contributed by atoms with E-state index in [0.29, 0.717) is 19.0 Å². The summed E-state index contributed by atoms with van der Waals surface area (Å²) < 4.78 is 24.9. The highest BCUT2D eigenvalue weighted by Crippen LogP contribution is 2.49. The highest BCUT2D eigenvalue weighted by Gasteiger charge is 2.48. The zero-order valence-corrected chi connectivity index (χ0v) is 13.2. The van der Waals surface area contributed by atoms with Crippen LogP contribution < -0.4 is 0 Å². The van der Waals surface area contributed by atoms with Crippen LogP contribution in [0.2, 0.25) is 0 Å². The number of hydrogen-bond donors (Lipinski definition) is 1. The van der Waals surface area contributed by atoms with Crippen LogP contribution in [0, 0.1) is 11.3 Å². The third-order valence-corrected chi connectivity index (χ3v) is 6.50. The first-order valence-electron chi connectivity index (χ1n) is 7.32. The van der Waals surface area contributed by atoms with Crippen LogP contribution in [-0.4, -0.2) is 42.8 Å². The van der Waals surface area contributed by atoms with E-state index < -0.39 is 15.6 Å². The summed E-state index contributed by atoms with van der Waals surface area (Å²) in [7, 11) is -3.09. The lowest BCUT2D eigenvalue weighted by molar-refractivity contribution is -0.0652. The number of hydrogen-bond acceptors (Lipinski definition) is 3. The van der Waals surface area contributed by atoms with Crippen LogP contribution in [-0.2, 0) is 10.0 Å². The lowest BCUT2D eigenvalue weighted by Gasteiger charge is -2.41. The Hall–Kier alpha value is -0.130. The first-order valence-corrected chi connectivity index (χ1v) is 9.16. The van der Waals surface area contributed by atoms with Crippen LogP contribution >= 0.6 is 0 Å². The predicted molar refractivity (Wildman–Crippen MR) is 76.3 cm³/mol. The Morgan fingerprint density at radius 3 is 2.47 bits per heavy atom. The quantitative estimate of drug-likeness (QED) is 0.864. The van der Waals surface area contributed by atoms with Crippen LogP contribution in [0.3, 0.4) is 0 Å². The summed E-state index contributed by atoms with van der Waals surface area (Å²) in [6.45, 7) is 5.49. The van der Waals surface area contributed by atoms with Gasteiger partial charge in [-0.25, -0.2) is 12.7 Å². The molecule has 2 fully saturated rings. The van der Waals surface area contributed by atoms with Crippen LogP contribution in [0.4, 0.5) is 0 Å². The molecule has 1 saturated heterocycles. The van der Waals surface area contributed by atoms with Crippen molar-refractivity contribution in [1.82, 2.24) is 4.31 Å². The van der Waals surface area contributed by atoms with E-state index in [4.69, 9.17) is 0 Å². The minimum absolute atomic E-state index is 0.0413. The topological polar surface area (TPSA) is 57.6 Å². The summed E-state index contributed by atoms with van der Waals surface area (Å²) in [5.41, 5.74) is -0.654. The molecule has 1 aliphatic carbocycles. The second-order valence-electron chi connectivity index (χ2n) is 7.10. The van der Waals surface area contributed by atoms with E-state index in [1.54, 1.807) is 4.31 Å². The molecule has 0 amide bonds. The van der Waals surface area contributed by atoms with Crippen molar-refractivity contribution in [3.8, 4) is 0 Å². The summed E-state index contributed by atoms with van der Waals surface area (Å²) in [5.74, 6) is 0.297. The molecule has 0 aromatic carbocycles. The van der Waals surface area contributed by atoms with E-state index in [1.165, 1.54) is 6.26 Å². The van der Waals surface area contributed by atoms with E-state index in [1.807, 2.05) is 0 Å². The maximum absolute atomic E-state index is 11.6. The lowest BCUT2D eigenvalue weighted by Crippen LogP contribution is -2.46. The SMILES string of the molecule is CC1(C)CCCC1(O)CC1CCCN(S(C)(=O)=O)C1. The van der Waals surface area contributed by atoms with Crippen molar-refractivity contribution in [2.24, 2.45) is 11.3 Å². The van der Waals surface area contributed by atoms with Crippen LogP contribution in [0.1, 0.15) is 52.4 Å². The van der Waals surface area contributed by atoms with Crippen molar-refractivity contribution in [1.29, 1.82) is 0 Å². The fourth-order valence-electron chi connectivity index (χ4n) is 3.74. The van der Waals surface area contributed by atoms with Gasteiger partial charge >= 0.3 is 0 Å². The number of nitrogens with zero attached hydrogens (tertiary/aromatic N) is 1. The molecule has 1 saturated carbocycles. The van der Waals surface area contributed by atoms with Gasteiger partial charge < -0.3 is 5.11 Å². The summed E-state index contributed by atoms with van der Waals surface area (Å²) in [4.78, 5) is 0. The van der Waals surface area contributed by atoms with Gasteiger partial charge in [0.25, 0.3) is 0 Å². The lowest BCUT2D eigenvalue weighted by atomic mass is 9.72. The molecule has 2 aliphatic rings. The zero-order chi connectivity index (χ0) is 14.3. The van der Waals surface area contributed by atoms with Gasteiger partial charge in [-0.2, -0.15) is 0 Å². The molecule has 2 unspecified atom stereocenters. The summed E-state index contributed by atoms with van der Waals surface area (Å²) in [6.07, 6.45) is 6.96. The number of aliphatic hydroxyl groups is 1. The second kappa shape index (κ2) is 5.01. The zero-order valence-electron chi connectivity index (χ0n) is 12.4. The maximum Gasteiger partial charge on any atom is 0.211 e. The number of sulfonamides is 1. The molecule has 2 rings (SSSR count). The van der Waals surface area contributed by atoms with Crippen molar-refractivity contribution in [3.05, 3.63) is 0 Å². The first-order chi connectivity index (χ1) is 8.64. The average molecular weight is 289 g/mol. The van der Waals surface area contributed by atoms with Crippen LogP contribution in [0.5, 0.6) is 0 Å². The van der Waals surface area contributed by atoms with Crippen molar-refractivity contribution in [2.45, 2.75) is 58.0 Å². The number of piperidine rings is 1. The van der Waals surface area contributed by atoms with E-state index in [0.717, 1.165) is 38.5 Å². The molecule has 1 N–H and O–H groups in total. The predicted octanol–water partition coefficient (Wildman–Crippen LogP) is 1.99. The minimum atomic E-state index is -3.09. The Morgan fingerprint density at radius 1 is 1.26 bits per heavy atom. The molecule has 2 atom stereocenters. The van der Waals surface area contributed by atoms with Crippen molar-refractivity contribution < 1.29 is 13.5 Å². The van der Waals surface area contributed by atoms with Crippen LogP contribution in [0.25, 0.3) is 0 Å².